The molecule has 5 heterocycles. The average Bonchev–Trinajstić information content (AvgIpc) is 4.07. The Kier molecular flexibility index (Phi) is 8.99. The van der Waals surface area contributed by atoms with Gasteiger partial charge < -0.3 is 8.98 Å². The summed E-state index contributed by atoms with van der Waals surface area (Å²) >= 11 is 0. The van der Waals surface area contributed by atoms with Crippen molar-refractivity contribution in [2.45, 2.75) is 11.8 Å². The lowest BCUT2D eigenvalue weighted by Crippen LogP contribution is -2.77. The van der Waals surface area contributed by atoms with Gasteiger partial charge in [-0.25, -0.2) is 9.97 Å². The number of rotatable bonds is 7. The van der Waals surface area contributed by atoms with Gasteiger partial charge in [-0.2, -0.15) is 0 Å². The fourth-order valence-corrected chi connectivity index (χ4v) is 22.2. The maximum atomic E-state index is 6.78. The molecule has 14 rings (SSSR count). The van der Waals surface area contributed by atoms with Crippen molar-refractivity contribution in [1.82, 2.24) is 14.5 Å². The van der Waals surface area contributed by atoms with E-state index in [1.807, 2.05) is 12.4 Å². The highest BCUT2D eigenvalue weighted by Gasteiger charge is 2.51. The largest absolute Gasteiger partial charge is 0.456 e. The van der Waals surface area contributed by atoms with E-state index in [4.69, 9.17) is 14.4 Å². The number of allylic oxidation sites excluding steroid dienone is 4. The molecule has 0 saturated carbocycles. The molecular weight excluding hydrogens is 873 g/mol. The van der Waals surface area contributed by atoms with E-state index in [9.17, 15) is 0 Å². The third-order valence-corrected chi connectivity index (χ3v) is 24.7. The number of benzene rings is 8. The van der Waals surface area contributed by atoms with Crippen LogP contribution in [0, 0.1) is 0 Å². The van der Waals surface area contributed by atoms with Gasteiger partial charge in [0.25, 0.3) is 0 Å². The molecule has 0 N–H and O–H groups in total. The van der Waals surface area contributed by atoms with E-state index in [0.29, 0.717) is 0 Å². The molecule has 1 aliphatic carbocycles. The number of fused-ring (bicyclic) bond motifs is 11. The van der Waals surface area contributed by atoms with Crippen molar-refractivity contribution in [3.63, 3.8) is 0 Å². The topological polar surface area (TPSA) is 47.1 Å². The zero-order chi connectivity index (χ0) is 45.5. The van der Waals surface area contributed by atoms with E-state index >= 15 is 0 Å². The summed E-state index contributed by atoms with van der Waals surface area (Å²) in [5, 5.41) is 12.7. The number of furan rings is 1. The summed E-state index contributed by atoms with van der Waals surface area (Å²) in [5.41, 5.74) is 6.41. The van der Waals surface area contributed by atoms with Gasteiger partial charge in [-0.15, -0.1) is 0 Å². The van der Waals surface area contributed by atoms with Crippen molar-refractivity contribution >= 4 is 91.6 Å². The molecule has 3 aromatic heterocycles. The Balaban J connectivity index is 1.05. The number of anilines is 3. The van der Waals surface area contributed by atoms with Crippen LogP contribution in [0.1, 0.15) is 23.2 Å². The number of hydrogen-bond acceptors (Lipinski definition) is 4. The molecule has 69 heavy (non-hydrogen) atoms. The third-order valence-electron chi connectivity index (χ3n) is 15.1. The molecule has 0 fully saturated rings. The molecule has 2 atom stereocenters. The van der Waals surface area contributed by atoms with Crippen molar-refractivity contribution in [1.29, 1.82) is 0 Å². The highest BCUT2D eigenvalue weighted by atomic mass is 28.3. The van der Waals surface area contributed by atoms with Crippen LogP contribution in [0.5, 0.6) is 0 Å². The van der Waals surface area contributed by atoms with Crippen LogP contribution in [-0.2, 0) is 0 Å². The minimum Gasteiger partial charge on any atom is -0.456 e. The van der Waals surface area contributed by atoms with Crippen LogP contribution >= 0.6 is 0 Å². The number of imidazole rings is 1. The van der Waals surface area contributed by atoms with Crippen LogP contribution in [0.4, 0.5) is 17.2 Å². The molecule has 11 aromatic rings. The van der Waals surface area contributed by atoms with Crippen LogP contribution in [0.25, 0.3) is 27.6 Å². The molecule has 0 saturated heterocycles. The van der Waals surface area contributed by atoms with Gasteiger partial charge in [0, 0.05) is 53.0 Å². The first-order valence-corrected chi connectivity index (χ1v) is 27.8. The molecule has 2 unspecified atom stereocenters. The predicted molar refractivity (Wildman–Crippen MR) is 287 cm³/mol. The van der Waals surface area contributed by atoms with Crippen molar-refractivity contribution in [3.8, 4) is 5.69 Å². The van der Waals surface area contributed by atoms with Crippen molar-refractivity contribution in [2.75, 3.05) is 4.90 Å². The van der Waals surface area contributed by atoms with Crippen LogP contribution in [-0.4, -0.2) is 30.7 Å². The minimum atomic E-state index is -3.09. The van der Waals surface area contributed by atoms with E-state index in [1.54, 1.807) is 0 Å². The maximum Gasteiger partial charge on any atom is 0.186 e. The average molecular weight is 917 g/mol. The van der Waals surface area contributed by atoms with Gasteiger partial charge in [0.15, 0.2) is 16.1 Å². The van der Waals surface area contributed by atoms with E-state index in [0.717, 1.165) is 45.0 Å². The van der Waals surface area contributed by atoms with E-state index in [-0.39, 0.29) is 11.8 Å². The monoisotopic (exact) mass is 916 g/mol. The van der Waals surface area contributed by atoms with Crippen molar-refractivity contribution in [3.05, 3.63) is 272 Å². The first-order chi connectivity index (χ1) is 34.2. The summed E-state index contributed by atoms with van der Waals surface area (Å²) in [5.74, 6) is 2.25. The second-order valence-corrected chi connectivity index (χ2v) is 26.0. The SMILES string of the molecule is C1=CC2c3ccccc3-n3ccnc3C2C=C1[Si](c1ccccc1)(c1ccccc1)c1cccc(N2c3cc4oc5ccccc5c4cc3[Si](c3ccccc3)(c3ccccc3)c3cccnc32)c1. The van der Waals surface area contributed by atoms with Gasteiger partial charge in [-0.05, 0) is 83.5 Å². The molecule has 5 nitrogen and oxygen atoms in total. The Morgan fingerprint density at radius 3 is 1.91 bits per heavy atom. The van der Waals surface area contributed by atoms with E-state index < -0.39 is 16.1 Å². The van der Waals surface area contributed by atoms with Crippen LogP contribution in [0.3, 0.4) is 0 Å². The summed E-state index contributed by atoms with van der Waals surface area (Å²) < 4.78 is 9.08. The van der Waals surface area contributed by atoms with Crippen LogP contribution in [0.2, 0.25) is 0 Å². The van der Waals surface area contributed by atoms with Gasteiger partial charge in [-0.3, -0.25) is 4.90 Å². The number of hydrogen-bond donors (Lipinski definition) is 0. The van der Waals surface area contributed by atoms with Crippen molar-refractivity contribution < 1.29 is 4.42 Å². The summed E-state index contributed by atoms with van der Waals surface area (Å²) in [6, 6.07) is 80.8. The lowest BCUT2D eigenvalue weighted by molar-refractivity contribution is 0.633. The first kappa shape index (κ1) is 39.8. The van der Waals surface area contributed by atoms with Gasteiger partial charge in [0.2, 0.25) is 0 Å². The normalized spacial score (nSPS) is 16.5. The Labute approximate surface area is 402 Å². The first-order valence-electron chi connectivity index (χ1n) is 23.8. The second kappa shape index (κ2) is 15.6. The fraction of sp³-hybridized carbons (Fsp3) is 0.0323. The smallest absolute Gasteiger partial charge is 0.186 e. The lowest BCUT2D eigenvalue weighted by Gasteiger charge is -2.44. The van der Waals surface area contributed by atoms with E-state index in [2.05, 4.69) is 252 Å². The quantitative estimate of drug-likeness (QED) is 0.118. The maximum absolute atomic E-state index is 6.78. The summed E-state index contributed by atoms with van der Waals surface area (Å²) in [6.07, 6.45) is 13.5. The van der Waals surface area contributed by atoms with Gasteiger partial charge in [0.05, 0.1) is 11.4 Å². The highest BCUT2D eigenvalue weighted by molar-refractivity contribution is 7.21. The molecule has 0 bridgehead atoms. The lowest BCUT2D eigenvalue weighted by atomic mass is 9.79. The van der Waals surface area contributed by atoms with Crippen LogP contribution < -0.4 is 41.2 Å². The molecule has 326 valence electrons. The number of nitrogens with zero attached hydrogens (tertiary/aromatic N) is 4. The standard InChI is InChI=1S/C62H44N4OSi2/c1-5-20-44(21-6-1)68(45-22-7-2-8-23-45,49-34-35-50-51-29-13-15-31-55(51)65-38-37-64-61(65)54(50)40-49)48-28-17-19-43(39-48)66-56-42-58-53(52-30-14-16-32-57(52)67-58)41-60(56)69(46-24-9-3-10-25-46,47-26-11-4-12-27-47)59-33-18-36-63-62(59)66/h1-42,50,54H. The Bertz CT molecular complexity index is 3750. The van der Waals surface area contributed by atoms with Gasteiger partial charge >= 0.3 is 0 Å². The second-order valence-electron chi connectivity index (χ2n) is 18.4. The zero-order valence-electron chi connectivity index (χ0n) is 37.6. The molecule has 2 aliphatic heterocycles. The molecule has 3 aliphatic rings. The molecule has 0 radical (unpaired) electrons. The molecule has 8 aromatic carbocycles. The summed E-state index contributed by atoms with van der Waals surface area (Å²) in [6.45, 7) is 0. The predicted octanol–water partition coefficient (Wildman–Crippen LogP) is 9.71. The van der Waals surface area contributed by atoms with E-state index in [1.165, 1.54) is 52.8 Å². The van der Waals surface area contributed by atoms with Gasteiger partial charge in [-0.1, -0.05) is 194 Å². The Morgan fingerprint density at radius 1 is 0.493 bits per heavy atom. The fourth-order valence-electron chi connectivity index (χ4n) is 12.3. The minimum absolute atomic E-state index is 0.0581. The number of para-hydroxylation sites is 2. The number of pyridine rings is 1. The van der Waals surface area contributed by atoms with Gasteiger partial charge in [0.1, 0.15) is 22.8 Å². The third kappa shape index (κ3) is 5.75. The summed E-state index contributed by atoms with van der Waals surface area (Å²) in [7, 11) is -6.13. The molecule has 0 spiro atoms. The Morgan fingerprint density at radius 2 is 1.16 bits per heavy atom. The molecule has 7 heteroatoms. The molecular formula is C62H44N4OSi2. The highest BCUT2D eigenvalue weighted by Crippen LogP contribution is 2.47. The molecule has 0 amide bonds. The van der Waals surface area contributed by atoms with Crippen LogP contribution in [0.15, 0.2) is 265 Å². The zero-order valence-corrected chi connectivity index (χ0v) is 39.6. The summed E-state index contributed by atoms with van der Waals surface area (Å²) in [4.78, 5) is 12.9. The Hall–Kier alpha value is -8.37. The number of aromatic nitrogens is 3. The van der Waals surface area contributed by atoms with Crippen molar-refractivity contribution in [2.24, 2.45) is 0 Å².